The fourth-order valence-electron chi connectivity index (χ4n) is 2.96. The summed E-state index contributed by atoms with van der Waals surface area (Å²) in [6.45, 7) is 6.14. The molecule has 1 aliphatic carbocycles. The van der Waals surface area contributed by atoms with E-state index in [-0.39, 0.29) is 5.56 Å². The van der Waals surface area contributed by atoms with Gasteiger partial charge in [-0.25, -0.2) is 9.78 Å². The van der Waals surface area contributed by atoms with Crippen LogP contribution in [0.15, 0.2) is 6.07 Å². The van der Waals surface area contributed by atoms with Crippen molar-refractivity contribution in [1.82, 2.24) is 4.98 Å². The van der Waals surface area contributed by atoms with Gasteiger partial charge in [-0.1, -0.05) is 6.92 Å². The number of pyridine rings is 1. The van der Waals surface area contributed by atoms with E-state index in [0.717, 1.165) is 31.4 Å². The highest BCUT2D eigenvalue weighted by atomic mass is 16.4. The Morgan fingerprint density at radius 1 is 1.43 bits per heavy atom. The molecule has 0 radical (unpaired) electrons. The fourth-order valence-corrected chi connectivity index (χ4v) is 2.96. The summed E-state index contributed by atoms with van der Waals surface area (Å²) in [5.41, 5.74) is 0.876. The first-order valence-corrected chi connectivity index (χ1v) is 7.48. The summed E-state index contributed by atoms with van der Waals surface area (Å²) in [7, 11) is 0. The molecule has 1 heterocycles. The molecule has 5 heteroatoms. The van der Waals surface area contributed by atoms with E-state index in [1.807, 2.05) is 6.92 Å². The number of anilines is 1. The quantitative estimate of drug-likeness (QED) is 0.795. The first-order valence-electron chi connectivity index (χ1n) is 7.48. The number of carbonyl (C=O) groups is 1. The first kappa shape index (κ1) is 15.8. The van der Waals surface area contributed by atoms with Gasteiger partial charge in [-0.2, -0.15) is 0 Å². The summed E-state index contributed by atoms with van der Waals surface area (Å²) in [5.74, 6) is 0.0120. The Labute approximate surface area is 125 Å². The normalized spacial score (nSPS) is 25.6. The van der Waals surface area contributed by atoms with E-state index in [0.29, 0.717) is 23.8 Å². The van der Waals surface area contributed by atoms with Crippen LogP contribution in [-0.4, -0.2) is 33.3 Å². The zero-order chi connectivity index (χ0) is 15.6. The minimum atomic E-state index is -0.994. The molecule has 2 rings (SSSR count). The predicted octanol–water partition coefficient (Wildman–Crippen LogP) is 2.75. The van der Waals surface area contributed by atoms with Crippen LogP contribution in [0.25, 0.3) is 0 Å². The maximum atomic E-state index is 11.4. The third-order valence-electron chi connectivity index (χ3n) is 4.35. The molecular weight excluding hydrogens is 268 g/mol. The third-order valence-corrected chi connectivity index (χ3v) is 4.35. The van der Waals surface area contributed by atoms with Crippen LogP contribution in [0.1, 0.15) is 54.2 Å². The molecule has 1 saturated carbocycles. The lowest BCUT2D eigenvalue weighted by molar-refractivity contribution is 0.00489. The zero-order valence-corrected chi connectivity index (χ0v) is 12.9. The summed E-state index contributed by atoms with van der Waals surface area (Å²) in [6.07, 6.45) is 3.50. The van der Waals surface area contributed by atoms with Crippen LogP contribution in [0, 0.1) is 19.8 Å². The lowest BCUT2D eigenvalue weighted by atomic mass is 9.79. The van der Waals surface area contributed by atoms with Gasteiger partial charge < -0.3 is 15.5 Å². The Morgan fingerprint density at radius 3 is 2.62 bits per heavy atom. The van der Waals surface area contributed by atoms with Gasteiger partial charge in [-0.15, -0.1) is 0 Å². The second-order valence-corrected chi connectivity index (χ2v) is 6.37. The molecule has 1 aromatic heterocycles. The Kier molecular flexibility index (Phi) is 4.52. The number of carboxylic acids is 1. The van der Waals surface area contributed by atoms with Crippen molar-refractivity contribution >= 4 is 11.8 Å². The molecule has 0 bridgehead atoms. The monoisotopic (exact) mass is 292 g/mol. The average molecular weight is 292 g/mol. The molecule has 1 aliphatic rings. The van der Waals surface area contributed by atoms with Gasteiger partial charge in [0.05, 0.1) is 5.60 Å². The Bertz CT molecular complexity index is 535. The lowest BCUT2D eigenvalue weighted by Crippen LogP contribution is -2.40. The van der Waals surface area contributed by atoms with Crippen LogP contribution < -0.4 is 5.32 Å². The number of hydrogen-bond acceptors (Lipinski definition) is 4. The smallest absolute Gasteiger partial charge is 0.339 e. The van der Waals surface area contributed by atoms with Crippen LogP contribution in [-0.2, 0) is 0 Å². The van der Waals surface area contributed by atoms with Crippen molar-refractivity contribution in [3.63, 3.8) is 0 Å². The maximum absolute atomic E-state index is 11.4. The predicted molar refractivity (Wildman–Crippen MR) is 81.7 cm³/mol. The van der Waals surface area contributed by atoms with Crippen molar-refractivity contribution < 1.29 is 15.0 Å². The minimum Gasteiger partial charge on any atom is -0.478 e. The summed E-state index contributed by atoms with van der Waals surface area (Å²) in [5, 5.41) is 23.0. The number of aromatic nitrogens is 1. The molecule has 1 aromatic rings. The van der Waals surface area contributed by atoms with Gasteiger partial charge in [0.15, 0.2) is 0 Å². The van der Waals surface area contributed by atoms with E-state index in [2.05, 4.69) is 17.2 Å². The van der Waals surface area contributed by atoms with Crippen molar-refractivity contribution in [2.75, 3.05) is 11.9 Å². The number of aromatic carboxylic acids is 1. The summed E-state index contributed by atoms with van der Waals surface area (Å²) >= 11 is 0. The van der Waals surface area contributed by atoms with Crippen molar-refractivity contribution in [3.8, 4) is 0 Å². The summed E-state index contributed by atoms with van der Waals surface area (Å²) in [6, 6.07) is 1.76. The van der Waals surface area contributed by atoms with Crippen LogP contribution in [0.2, 0.25) is 0 Å². The van der Waals surface area contributed by atoms with Gasteiger partial charge in [0.1, 0.15) is 11.4 Å². The molecule has 1 fully saturated rings. The minimum absolute atomic E-state index is 0.188. The van der Waals surface area contributed by atoms with Gasteiger partial charge in [0.25, 0.3) is 0 Å². The molecule has 0 amide bonds. The van der Waals surface area contributed by atoms with E-state index in [4.69, 9.17) is 0 Å². The molecule has 116 valence electrons. The van der Waals surface area contributed by atoms with Crippen molar-refractivity contribution in [2.45, 2.75) is 52.1 Å². The van der Waals surface area contributed by atoms with Crippen LogP contribution in [0.3, 0.4) is 0 Å². The van der Waals surface area contributed by atoms with Gasteiger partial charge in [-0.05, 0) is 57.1 Å². The highest BCUT2D eigenvalue weighted by molar-refractivity contribution is 5.94. The second kappa shape index (κ2) is 6.02. The Hall–Kier alpha value is -1.62. The van der Waals surface area contributed by atoms with E-state index >= 15 is 0 Å². The van der Waals surface area contributed by atoms with Crippen molar-refractivity contribution in [1.29, 1.82) is 0 Å². The molecule has 0 saturated heterocycles. The van der Waals surface area contributed by atoms with Crippen LogP contribution in [0.5, 0.6) is 0 Å². The lowest BCUT2D eigenvalue weighted by Gasteiger charge is -2.35. The van der Waals surface area contributed by atoms with Gasteiger partial charge in [0, 0.05) is 12.2 Å². The molecule has 3 N–H and O–H groups in total. The number of aliphatic hydroxyl groups is 1. The first-order chi connectivity index (χ1) is 9.81. The number of carboxylic acid groups (broad SMARTS) is 1. The van der Waals surface area contributed by atoms with Gasteiger partial charge in [-0.3, -0.25) is 0 Å². The highest BCUT2D eigenvalue weighted by Gasteiger charge is 2.32. The molecule has 21 heavy (non-hydrogen) atoms. The number of rotatable bonds is 4. The average Bonchev–Trinajstić information content (AvgIpc) is 2.39. The van der Waals surface area contributed by atoms with Crippen molar-refractivity contribution in [3.05, 3.63) is 22.9 Å². The largest absolute Gasteiger partial charge is 0.478 e. The number of nitrogens with zero attached hydrogens (tertiary/aromatic N) is 1. The highest BCUT2D eigenvalue weighted by Crippen LogP contribution is 2.32. The van der Waals surface area contributed by atoms with Gasteiger partial charge in [0.2, 0.25) is 0 Å². The van der Waals surface area contributed by atoms with Crippen LogP contribution >= 0.6 is 0 Å². The summed E-state index contributed by atoms with van der Waals surface area (Å²) in [4.78, 5) is 15.7. The molecule has 0 aromatic carbocycles. The number of nitrogens with one attached hydrogen (secondary N) is 1. The molecule has 0 aliphatic heterocycles. The molecule has 0 spiro atoms. The molecule has 5 nitrogen and oxygen atoms in total. The molecule has 0 atom stereocenters. The molecular formula is C16H24N2O3. The fraction of sp³-hybridized carbons (Fsp3) is 0.625. The van der Waals surface area contributed by atoms with E-state index in [1.54, 1.807) is 13.0 Å². The topological polar surface area (TPSA) is 82.5 Å². The zero-order valence-electron chi connectivity index (χ0n) is 12.9. The van der Waals surface area contributed by atoms with E-state index < -0.39 is 11.6 Å². The maximum Gasteiger partial charge on any atom is 0.339 e. The SMILES string of the molecule is Cc1cc(C)c(C(=O)O)c(NCC2(O)CCC(C)CC2)n1. The third kappa shape index (κ3) is 3.73. The Balaban J connectivity index is 2.14. The summed E-state index contributed by atoms with van der Waals surface area (Å²) < 4.78 is 0. The van der Waals surface area contributed by atoms with E-state index in [1.165, 1.54) is 0 Å². The molecule has 0 unspecified atom stereocenters. The number of hydrogen-bond donors (Lipinski definition) is 3. The second-order valence-electron chi connectivity index (χ2n) is 6.37. The standard InChI is InChI=1S/C16H24N2O3/c1-10-4-6-16(21,7-5-10)9-17-14-13(15(19)20)11(2)8-12(3)18-14/h8,10,21H,4-7,9H2,1-3H3,(H,17,18)(H,19,20). The van der Waals surface area contributed by atoms with E-state index in [9.17, 15) is 15.0 Å². The Morgan fingerprint density at radius 2 is 2.05 bits per heavy atom. The number of aryl methyl sites for hydroxylation is 2. The van der Waals surface area contributed by atoms with Crippen molar-refractivity contribution in [2.24, 2.45) is 5.92 Å². The van der Waals surface area contributed by atoms with Crippen LogP contribution in [0.4, 0.5) is 5.82 Å². The van der Waals surface area contributed by atoms with Gasteiger partial charge >= 0.3 is 5.97 Å².